The Morgan fingerprint density at radius 1 is 1.11 bits per heavy atom. The van der Waals surface area contributed by atoms with Gasteiger partial charge in [-0.15, -0.1) is 0 Å². The number of aromatic nitrogens is 2. The van der Waals surface area contributed by atoms with Gasteiger partial charge in [0.15, 0.2) is 0 Å². The number of carbonyl (C=O) groups is 1. The van der Waals surface area contributed by atoms with E-state index in [0.717, 1.165) is 69.3 Å². The van der Waals surface area contributed by atoms with Crippen molar-refractivity contribution in [2.75, 3.05) is 32.8 Å². The van der Waals surface area contributed by atoms with E-state index < -0.39 is 0 Å². The van der Waals surface area contributed by atoms with Crippen molar-refractivity contribution in [3.8, 4) is 0 Å². The minimum Gasteiger partial charge on any atom is -0.462 e. The molecule has 7 heteroatoms. The van der Waals surface area contributed by atoms with Gasteiger partial charge in [-0.2, -0.15) is 0 Å². The van der Waals surface area contributed by atoms with Crippen LogP contribution in [0.2, 0.25) is 0 Å². The molecule has 2 saturated heterocycles. The molecule has 7 nitrogen and oxygen atoms in total. The second-order valence-electron chi connectivity index (χ2n) is 7.62. The summed E-state index contributed by atoms with van der Waals surface area (Å²) in [5.74, 6) is 1.87. The van der Waals surface area contributed by atoms with E-state index >= 15 is 0 Å². The Kier molecular flexibility index (Phi) is 6.02. The van der Waals surface area contributed by atoms with Crippen LogP contribution in [-0.2, 0) is 11.3 Å². The largest absolute Gasteiger partial charge is 0.462 e. The molecule has 150 valence electrons. The number of hydrogen-bond acceptors (Lipinski definition) is 6. The predicted octanol–water partition coefficient (Wildman–Crippen LogP) is 2.97. The maximum absolute atomic E-state index is 12.7. The van der Waals surface area contributed by atoms with Crippen LogP contribution in [0, 0.1) is 6.92 Å². The van der Waals surface area contributed by atoms with E-state index in [0.29, 0.717) is 12.2 Å². The van der Waals surface area contributed by atoms with Crippen LogP contribution in [0.4, 0.5) is 0 Å². The Morgan fingerprint density at radius 3 is 2.82 bits per heavy atom. The van der Waals surface area contributed by atoms with E-state index in [1.54, 1.807) is 12.4 Å². The molecule has 0 aromatic carbocycles. The Labute approximate surface area is 165 Å². The zero-order chi connectivity index (χ0) is 19.3. The highest BCUT2D eigenvalue weighted by Crippen LogP contribution is 2.29. The van der Waals surface area contributed by atoms with Gasteiger partial charge in [0.05, 0.1) is 18.4 Å². The first-order valence-corrected chi connectivity index (χ1v) is 10.2. The third-order valence-corrected chi connectivity index (χ3v) is 5.43. The van der Waals surface area contributed by atoms with E-state index in [9.17, 15) is 4.79 Å². The fourth-order valence-corrected chi connectivity index (χ4v) is 3.84. The fraction of sp³-hybridized carbons (Fsp3) is 0.571. The Morgan fingerprint density at radius 2 is 2.04 bits per heavy atom. The van der Waals surface area contributed by atoms with Gasteiger partial charge in [-0.1, -0.05) is 0 Å². The number of nitrogens with zero attached hydrogens (tertiary/aromatic N) is 4. The number of amides is 1. The molecule has 28 heavy (non-hydrogen) atoms. The summed E-state index contributed by atoms with van der Waals surface area (Å²) in [6.07, 6.45) is 7.62. The van der Waals surface area contributed by atoms with Gasteiger partial charge >= 0.3 is 0 Å². The highest BCUT2D eigenvalue weighted by atomic mass is 16.5. The molecular formula is C21H28N4O3. The number of carbonyl (C=O) groups excluding carboxylic acids is 1. The van der Waals surface area contributed by atoms with Gasteiger partial charge in [-0.05, 0) is 44.7 Å². The molecule has 1 amide bonds. The molecule has 1 atom stereocenters. The molecule has 2 fully saturated rings. The van der Waals surface area contributed by atoms with Gasteiger partial charge in [0.1, 0.15) is 23.3 Å². The minimum atomic E-state index is -0.0379. The second-order valence-corrected chi connectivity index (χ2v) is 7.62. The van der Waals surface area contributed by atoms with Crippen molar-refractivity contribution in [1.29, 1.82) is 0 Å². The van der Waals surface area contributed by atoms with E-state index in [4.69, 9.17) is 9.15 Å². The van der Waals surface area contributed by atoms with Crippen LogP contribution in [0.25, 0.3) is 0 Å². The molecule has 2 aromatic rings. The first kappa shape index (κ1) is 19.1. The highest BCUT2D eigenvalue weighted by Gasteiger charge is 2.23. The Bertz CT molecular complexity index is 783. The van der Waals surface area contributed by atoms with E-state index in [1.165, 1.54) is 6.42 Å². The van der Waals surface area contributed by atoms with Crippen LogP contribution in [-0.4, -0.2) is 58.5 Å². The van der Waals surface area contributed by atoms with Crippen LogP contribution >= 0.6 is 0 Å². The summed E-state index contributed by atoms with van der Waals surface area (Å²) in [7, 11) is 0. The Balaban J connectivity index is 1.32. The predicted molar refractivity (Wildman–Crippen MR) is 104 cm³/mol. The van der Waals surface area contributed by atoms with Crippen LogP contribution in [0.1, 0.15) is 59.5 Å². The summed E-state index contributed by atoms with van der Waals surface area (Å²) in [5.41, 5.74) is 1.23. The van der Waals surface area contributed by atoms with Gasteiger partial charge in [0.2, 0.25) is 0 Å². The summed E-state index contributed by atoms with van der Waals surface area (Å²) < 4.78 is 11.9. The maximum atomic E-state index is 12.7. The zero-order valence-corrected chi connectivity index (χ0v) is 16.5. The molecule has 0 bridgehead atoms. The molecule has 2 aliphatic rings. The summed E-state index contributed by atoms with van der Waals surface area (Å²) in [6.45, 7) is 6.64. The quantitative estimate of drug-likeness (QED) is 0.807. The second kappa shape index (κ2) is 8.84. The normalized spacial score (nSPS) is 21.5. The molecule has 0 N–H and O–H groups in total. The average Bonchev–Trinajstić information content (AvgIpc) is 3.07. The van der Waals surface area contributed by atoms with Crippen molar-refractivity contribution in [1.82, 2.24) is 19.8 Å². The van der Waals surface area contributed by atoms with Gasteiger partial charge in [-0.25, -0.2) is 4.98 Å². The molecular weight excluding hydrogens is 356 g/mol. The van der Waals surface area contributed by atoms with E-state index in [-0.39, 0.29) is 12.0 Å². The van der Waals surface area contributed by atoms with Crippen molar-refractivity contribution >= 4 is 5.91 Å². The molecule has 2 aromatic heterocycles. The lowest BCUT2D eigenvalue weighted by Gasteiger charge is -2.21. The molecule has 0 radical (unpaired) electrons. The number of ether oxygens (including phenoxy) is 1. The molecule has 4 heterocycles. The van der Waals surface area contributed by atoms with Crippen LogP contribution in [0.3, 0.4) is 0 Å². The molecule has 2 aliphatic heterocycles. The van der Waals surface area contributed by atoms with Gasteiger partial charge in [0, 0.05) is 39.0 Å². The first-order chi connectivity index (χ1) is 13.7. The smallest absolute Gasteiger partial charge is 0.274 e. The van der Waals surface area contributed by atoms with Gasteiger partial charge < -0.3 is 14.1 Å². The van der Waals surface area contributed by atoms with E-state index in [1.807, 2.05) is 11.8 Å². The van der Waals surface area contributed by atoms with Gasteiger partial charge in [0.25, 0.3) is 5.91 Å². The first-order valence-electron chi connectivity index (χ1n) is 10.2. The molecule has 1 unspecified atom stereocenters. The molecule has 4 rings (SSSR count). The molecule has 0 aliphatic carbocycles. The summed E-state index contributed by atoms with van der Waals surface area (Å²) >= 11 is 0. The van der Waals surface area contributed by atoms with Crippen LogP contribution in [0.5, 0.6) is 0 Å². The van der Waals surface area contributed by atoms with Crippen molar-refractivity contribution in [2.45, 2.75) is 45.3 Å². The average molecular weight is 384 g/mol. The summed E-state index contributed by atoms with van der Waals surface area (Å²) in [6, 6.07) is 4.11. The van der Waals surface area contributed by atoms with Crippen molar-refractivity contribution in [3.63, 3.8) is 0 Å². The van der Waals surface area contributed by atoms with Gasteiger partial charge in [-0.3, -0.25) is 14.7 Å². The lowest BCUT2D eigenvalue weighted by atomic mass is 10.1. The summed E-state index contributed by atoms with van der Waals surface area (Å²) in [5, 5.41) is 0. The lowest BCUT2D eigenvalue weighted by Crippen LogP contribution is -2.35. The van der Waals surface area contributed by atoms with E-state index in [2.05, 4.69) is 27.0 Å². The molecule has 0 saturated carbocycles. The lowest BCUT2D eigenvalue weighted by molar-refractivity contribution is 0.000861. The van der Waals surface area contributed by atoms with Crippen molar-refractivity contribution in [2.24, 2.45) is 0 Å². The SMILES string of the molecule is Cc1cnc(C(=O)N2CCCN(Cc3ccc(C4CCCCO4)o3)CC2)cn1. The highest BCUT2D eigenvalue weighted by molar-refractivity contribution is 5.92. The zero-order valence-electron chi connectivity index (χ0n) is 16.5. The number of rotatable bonds is 4. The number of furan rings is 1. The Hall–Kier alpha value is -2.25. The number of hydrogen-bond donors (Lipinski definition) is 0. The number of aryl methyl sites for hydroxylation is 1. The third kappa shape index (κ3) is 4.59. The van der Waals surface area contributed by atoms with Crippen molar-refractivity contribution in [3.05, 3.63) is 47.4 Å². The standard InChI is InChI=1S/C21H28N4O3/c1-16-13-23-18(14-22-16)21(26)25-9-4-8-24(10-11-25)15-17-6-7-20(28-17)19-5-2-3-12-27-19/h6-7,13-14,19H,2-5,8-12,15H2,1H3. The minimum absolute atomic E-state index is 0.0379. The summed E-state index contributed by atoms with van der Waals surface area (Å²) in [4.78, 5) is 25.3. The molecule has 0 spiro atoms. The maximum Gasteiger partial charge on any atom is 0.274 e. The third-order valence-electron chi connectivity index (χ3n) is 5.43. The van der Waals surface area contributed by atoms with Crippen LogP contribution < -0.4 is 0 Å². The van der Waals surface area contributed by atoms with Crippen LogP contribution in [0.15, 0.2) is 28.9 Å². The topological polar surface area (TPSA) is 71.7 Å². The van der Waals surface area contributed by atoms with Crippen molar-refractivity contribution < 1.29 is 13.9 Å². The monoisotopic (exact) mass is 384 g/mol. The fourth-order valence-electron chi connectivity index (χ4n) is 3.84.